The number of ether oxygens (including phenoxy) is 2. The summed E-state index contributed by atoms with van der Waals surface area (Å²) >= 11 is 8.10. The van der Waals surface area contributed by atoms with Crippen LogP contribution >= 0.6 is 35.8 Å². The van der Waals surface area contributed by atoms with Crippen molar-refractivity contribution < 1.29 is 9.47 Å². The molecular formula is C20H25Cl2N5O2S. The van der Waals surface area contributed by atoms with Gasteiger partial charge in [-0.15, -0.1) is 17.5 Å². The molecule has 1 aromatic heterocycles. The van der Waals surface area contributed by atoms with Crippen LogP contribution in [0.3, 0.4) is 0 Å². The summed E-state index contributed by atoms with van der Waals surface area (Å²) in [7, 11) is 1.83. The number of hydrogen-bond acceptors (Lipinski definition) is 7. The van der Waals surface area contributed by atoms with E-state index in [0.717, 1.165) is 28.6 Å². The quantitative estimate of drug-likeness (QED) is 0.334. The SMILES string of the molecule is CCOc1cc(CNCCSc2nnnn2C)cc(Cl)c1OCc1ccccc1.Cl. The second-order valence-corrected chi connectivity index (χ2v) is 7.69. The van der Waals surface area contributed by atoms with Crippen LogP contribution in [0.2, 0.25) is 5.02 Å². The Labute approximate surface area is 191 Å². The predicted molar refractivity (Wildman–Crippen MR) is 122 cm³/mol. The van der Waals surface area contributed by atoms with Crippen LogP contribution in [0.25, 0.3) is 0 Å². The van der Waals surface area contributed by atoms with Crippen molar-refractivity contribution in [2.24, 2.45) is 7.05 Å². The van der Waals surface area contributed by atoms with Gasteiger partial charge in [0.05, 0.1) is 11.6 Å². The van der Waals surface area contributed by atoms with Gasteiger partial charge in [0.25, 0.3) is 0 Å². The Morgan fingerprint density at radius 3 is 2.63 bits per heavy atom. The Hall–Kier alpha value is -2.00. The van der Waals surface area contributed by atoms with E-state index in [-0.39, 0.29) is 12.4 Å². The lowest BCUT2D eigenvalue weighted by molar-refractivity contribution is 0.269. The zero-order valence-electron chi connectivity index (χ0n) is 16.9. The summed E-state index contributed by atoms with van der Waals surface area (Å²) in [5, 5.41) is 16.1. The summed E-state index contributed by atoms with van der Waals surface area (Å²) in [5.74, 6) is 2.09. The molecule has 0 unspecified atom stereocenters. The van der Waals surface area contributed by atoms with Crippen LogP contribution in [-0.2, 0) is 20.2 Å². The molecule has 10 heteroatoms. The van der Waals surface area contributed by atoms with Gasteiger partial charge >= 0.3 is 0 Å². The Kier molecular flexibility index (Phi) is 10.2. The molecule has 0 aliphatic carbocycles. The average molecular weight is 470 g/mol. The Bertz CT molecular complexity index is 911. The topological polar surface area (TPSA) is 74.1 Å². The lowest BCUT2D eigenvalue weighted by Gasteiger charge is -2.15. The van der Waals surface area contributed by atoms with E-state index in [1.807, 2.05) is 56.4 Å². The van der Waals surface area contributed by atoms with E-state index in [1.54, 1.807) is 16.4 Å². The molecule has 0 aliphatic heterocycles. The lowest BCUT2D eigenvalue weighted by Crippen LogP contribution is -2.17. The van der Waals surface area contributed by atoms with Crippen molar-refractivity contribution in [3.05, 3.63) is 58.6 Å². The highest BCUT2D eigenvalue weighted by atomic mass is 35.5. The van der Waals surface area contributed by atoms with Gasteiger partial charge in [0.2, 0.25) is 5.16 Å². The minimum absolute atomic E-state index is 0. The van der Waals surface area contributed by atoms with Gasteiger partial charge < -0.3 is 14.8 Å². The van der Waals surface area contributed by atoms with Crippen molar-refractivity contribution in [2.75, 3.05) is 18.9 Å². The van der Waals surface area contributed by atoms with E-state index in [0.29, 0.717) is 36.3 Å². The number of nitrogens with one attached hydrogen (secondary N) is 1. The van der Waals surface area contributed by atoms with E-state index in [4.69, 9.17) is 21.1 Å². The number of hydrogen-bond donors (Lipinski definition) is 1. The molecule has 0 spiro atoms. The third-order valence-corrected chi connectivity index (χ3v) is 5.31. The zero-order valence-corrected chi connectivity index (χ0v) is 19.3. The number of thioether (sulfide) groups is 1. The maximum absolute atomic E-state index is 6.50. The van der Waals surface area contributed by atoms with Gasteiger partial charge in [0.1, 0.15) is 6.61 Å². The first-order valence-electron chi connectivity index (χ1n) is 9.35. The number of aryl methyl sites for hydroxylation is 1. The van der Waals surface area contributed by atoms with Crippen molar-refractivity contribution in [3.8, 4) is 11.5 Å². The molecule has 0 aliphatic rings. The molecule has 0 amide bonds. The molecule has 0 radical (unpaired) electrons. The molecule has 3 aromatic rings. The number of benzene rings is 2. The summed E-state index contributed by atoms with van der Waals surface area (Å²) < 4.78 is 13.4. The van der Waals surface area contributed by atoms with Crippen LogP contribution in [0.1, 0.15) is 18.1 Å². The molecule has 30 heavy (non-hydrogen) atoms. The molecule has 0 bridgehead atoms. The molecule has 2 aromatic carbocycles. The normalized spacial score (nSPS) is 10.5. The summed E-state index contributed by atoms with van der Waals surface area (Å²) in [6, 6.07) is 13.9. The number of aromatic nitrogens is 4. The van der Waals surface area contributed by atoms with E-state index in [9.17, 15) is 0 Å². The van der Waals surface area contributed by atoms with Gasteiger partial charge in [-0.2, -0.15) is 0 Å². The largest absolute Gasteiger partial charge is 0.490 e. The molecule has 0 saturated carbocycles. The molecule has 3 rings (SSSR count). The fraction of sp³-hybridized carbons (Fsp3) is 0.350. The van der Waals surface area contributed by atoms with Gasteiger partial charge in [-0.05, 0) is 40.6 Å². The summed E-state index contributed by atoms with van der Waals surface area (Å²) in [6.07, 6.45) is 0. The number of tetrazole rings is 1. The minimum atomic E-state index is 0. The monoisotopic (exact) mass is 469 g/mol. The third kappa shape index (κ3) is 7.05. The van der Waals surface area contributed by atoms with Crippen LogP contribution in [0, 0.1) is 0 Å². The minimum Gasteiger partial charge on any atom is -0.490 e. The fourth-order valence-corrected chi connectivity index (χ4v) is 3.68. The van der Waals surface area contributed by atoms with Gasteiger partial charge in [-0.3, -0.25) is 0 Å². The van der Waals surface area contributed by atoms with Crippen molar-refractivity contribution >= 4 is 35.8 Å². The fourth-order valence-electron chi connectivity index (χ4n) is 2.65. The highest BCUT2D eigenvalue weighted by Crippen LogP contribution is 2.37. The zero-order chi connectivity index (χ0) is 20.5. The summed E-state index contributed by atoms with van der Waals surface area (Å²) in [5.41, 5.74) is 2.11. The number of halogens is 2. The molecule has 0 saturated heterocycles. The van der Waals surface area contributed by atoms with E-state index >= 15 is 0 Å². The summed E-state index contributed by atoms with van der Waals surface area (Å²) in [4.78, 5) is 0. The maximum Gasteiger partial charge on any atom is 0.209 e. The van der Waals surface area contributed by atoms with Crippen molar-refractivity contribution in [1.29, 1.82) is 0 Å². The van der Waals surface area contributed by atoms with Crippen LogP contribution in [0.5, 0.6) is 11.5 Å². The molecule has 0 fully saturated rings. The van der Waals surface area contributed by atoms with Gasteiger partial charge in [0, 0.05) is 25.9 Å². The third-order valence-electron chi connectivity index (χ3n) is 4.02. The predicted octanol–water partition coefficient (Wildman–Crippen LogP) is 4.14. The Morgan fingerprint density at radius 2 is 1.93 bits per heavy atom. The smallest absolute Gasteiger partial charge is 0.209 e. The van der Waals surface area contributed by atoms with Crippen LogP contribution < -0.4 is 14.8 Å². The lowest BCUT2D eigenvalue weighted by atomic mass is 10.2. The van der Waals surface area contributed by atoms with E-state index < -0.39 is 0 Å². The second kappa shape index (κ2) is 12.6. The number of nitrogens with zero attached hydrogens (tertiary/aromatic N) is 4. The highest BCUT2D eigenvalue weighted by molar-refractivity contribution is 7.99. The number of rotatable bonds is 11. The van der Waals surface area contributed by atoms with Crippen molar-refractivity contribution in [1.82, 2.24) is 25.5 Å². The first-order valence-corrected chi connectivity index (χ1v) is 10.7. The first kappa shape index (κ1) is 24.3. The van der Waals surface area contributed by atoms with Gasteiger partial charge in [-0.1, -0.05) is 53.7 Å². The average Bonchev–Trinajstić information content (AvgIpc) is 3.13. The van der Waals surface area contributed by atoms with Crippen LogP contribution in [0.15, 0.2) is 47.6 Å². The molecule has 162 valence electrons. The Morgan fingerprint density at radius 1 is 1.13 bits per heavy atom. The van der Waals surface area contributed by atoms with E-state index in [1.165, 1.54) is 0 Å². The van der Waals surface area contributed by atoms with Crippen molar-refractivity contribution in [2.45, 2.75) is 25.2 Å². The molecule has 0 atom stereocenters. The first-order chi connectivity index (χ1) is 14.2. The van der Waals surface area contributed by atoms with Crippen molar-refractivity contribution in [3.63, 3.8) is 0 Å². The summed E-state index contributed by atoms with van der Waals surface area (Å²) in [6.45, 7) is 4.41. The van der Waals surface area contributed by atoms with Crippen LogP contribution in [-0.4, -0.2) is 39.1 Å². The molecule has 1 N–H and O–H groups in total. The molecule has 1 heterocycles. The highest BCUT2D eigenvalue weighted by Gasteiger charge is 2.13. The van der Waals surface area contributed by atoms with Gasteiger partial charge in [0.15, 0.2) is 11.5 Å². The maximum atomic E-state index is 6.50. The Balaban J connectivity index is 0.00000320. The molecular weight excluding hydrogens is 445 g/mol. The van der Waals surface area contributed by atoms with Crippen LogP contribution in [0.4, 0.5) is 0 Å². The molecule has 7 nitrogen and oxygen atoms in total. The second-order valence-electron chi connectivity index (χ2n) is 6.22. The van der Waals surface area contributed by atoms with Gasteiger partial charge in [-0.25, -0.2) is 4.68 Å². The van der Waals surface area contributed by atoms with E-state index in [2.05, 4.69) is 20.8 Å². The standard InChI is InChI=1S/C20H24ClN5O2S.ClH/c1-3-27-18-12-16(13-22-9-10-29-20-23-24-25-26(20)2)11-17(21)19(18)28-14-15-7-5-4-6-8-15;/h4-8,11-12,22H,3,9-10,13-14H2,1-2H3;1H.